The molecule has 3 aromatic rings. The van der Waals surface area contributed by atoms with Gasteiger partial charge in [0.1, 0.15) is 19.0 Å². The molecule has 302 valence electrons. The van der Waals surface area contributed by atoms with Crippen LogP contribution >= 0.6 is 0 Å². The minimum absolute atomic E-state index is 0.0172. The molecule has 0 aromatic heterocycles. The van der Waals surface area contributed by atoms with Crippen molar-refractivity contribution in [3.05, 3.63) is 75.8 Å². The van der Waals surface area contributed by atoms with E-state index in [1.165, 1.54) is 21.3 Å². The lowest BCUT2D eigenvalue weighted by molar-refractivity contribution is -0.141. The summed E-state index contributed by atoms with van der Waals surface area (Å²) in [6.45, 7) is 11.6. The van der Waals surface area contributed by atoms with Crippen LogP contribution in [0.4, 0.5) is 0 Å². The van der Waals surface area contributed by atoms with Crippen molar-refractivity contribution in [1.82, 2.24) is 0 Å². The van der Waals surface area contributed by atoms with E-state index < -0.39 is 8.32 Å². The molecule has 0 aliphatic heterocycles. The van der Waals surface area contributed by atoms with Gasteiger partial charge in [-0.3, -0.25) is 14.4 Å². The molecule has 0 aliphatic rings. The maximum absolute atomic E-state index is 12.3. The molecule has 3 aromatic carbocycles. The summed E-state index contributed by atoms with van der Waals surface area (Å²) in [6.07, 6.45) is 1.77. The van der Waals surface area contributed by atoms with Crippen LogP contribution < -0.4 is 23.7 Å². The van der Waals surface area contributed by atoms with Gasteiger partial charge in [-0.1, -0.05) is 26.8 Å². The largest absolute Gasteiger partial charge is 0.497 e. The Hall–Kier alpha value is -4.75. The molecule has 12 nitrogen and oxygen atoms in total. The third-order valence-corrected chi connectivity index (χ3v) is 14.5. The van der Waals surface area contributed by atoms with Gasteiger partial charge in [-0.05, 0) is 107 Å². The van der Waals surface area contributed by atoms with Crippen molar-refractivity contribution in [2.24, 2.45) is 0 Å². The zero-order chi connectivity index (χ0) is 40.8. The maximum Gasteiger partial charge on any atom is 0.305 e. The van der Waals surface area contributed by atoms with Crippen molar-refractivity contribution < 1.29 is 56.7 Å². The molecular formula is C42H58O12Si. The van der Waals surface area contributed by atoms with Crippen molar-refractivity contribution in [2.45, 2.75) is 97.2 Å². The summed E-state index contributed by atoms with van der Waals surface area (Å²) in [5.41, 5.74) is 5.10. The van der Waals surface area contributed by atoms with Crippen LogP contribution in [0.15, 0.2) is 42.5 Å². The lowest BCUT2D eigenvalue weighted by atomic mass is 10.0. The third kappa shape index (κ3) is 12.9. The molecule has 0 aliphatic carbocycles. The second-order valence-electron chi connectivity index (χ2n) is 14.5. The first kappa shape index (κ1) is 44.6. The van der Waals surface area contributed by atoms with E-state index in [0.717, 1.165) is 33.4 Å². The number of methoxy groups -OCH3 is 6. The van der Waals surface area contributed by atoms with Gasteiger partial charge in [0.05, 0.1) is 49.3 Å². The first-order valence-corrected chi connectivity index (χ1v) is 21.2. The highest BCUT2D eigenvalue weighted by Crippen LogP contribution is 2.39. The number of benzene rings is 3. The lowest BCUT2D eigenvalue weighted by Crippen LogP contribution is -2.40. The van der Waals surface area contributed by atoms with E-state index in [4.69, 9.17) is 42.3 Å². The molecule has 0 spiro atoms. The lowest BCUT2D eigenvalue weighted by Gasteiger charge is -2.36. The molecule has 3 rings (SSSR count). The van der Waals surface area contributed by atoms with Gasteiger partial charge in [0.25, 0.3) is 0 Å². The second-order valence-corrected chi connectivity index (χ2v) is 19.3. The minimum Gasteiger partial charge on any atom is -0.497 e. The summed E-state index contributed by atoms with van der Waals surface area (Å²) in [7, 11) is 6.72. The molecule has 0 saturated carbocycles. The third-order valence-electron chi connectivity index (χ3n) is 10.0. The first-order valence-electron chi connectivity index (χ1n) is 18.2. The molecule has 0 heterocycles. The van der Waals surface area contributed by atoms with E-state index in [1.807, 2.05) is 42.5 Å². The Morgan fingerprint density at radius 1 is 0.509 bits per heavy atom. The highest BCUT2D eigenvalue weighted by Gasteiger charge is 2.37. The van der Waals surface area contributed by atoms with Crippen LogP contribution in [0, 0.1) is 0 Å². The van der Waals surface area contributed by atoms with Crippen molar-refractivity contribution >= 4 is 26.2 Å². The molecular weight excluding hydrogens is 725 g/mol. The zero-order valence-corrected chi connectivity index (χ0v) is 35.3. The quantitative estimate of drug-likeness (QED) is 0.0595. The van der Waals surface area contributed by atoms with Crippen LogP contribution in [0.3, 0.4) is 0 Å². The summed E-state index contributed by atoms with van der Waals surface area (Å²) in [6, 6.07) is 13.1. The molecule has 0 atom stereocenters. The van der Waals surface area contributed by atoms with Gasteiger partial charge in [-0.2, -0.15) is 0 Å². The number of hydrogen-bond acceptors (Lipinski definition) is 12. The summed E-state index contributed by atoms with van der Waals surface area (Å²) < 4.78 is 51.1. The van der Waals surface area contributed by atoms with Gasteiger partial charge in [-0.15, -0.1) is 0 Å². The average Bonchev–Trinajstić information content (AvgIpc) is 3.18. The number of carbonyl (C=O) groups is 3. The van der Waals surface area contributed by atoms with Gasteiger partial charge in [-0.25, -0.2) is 0 Å². The van der Waals surface area contributed by atoms with Gasteiger partial charge in [0, 0.05) is 19.3 Å². The SMILES string of the molecule is COC(=O)CCc1ccc(OC)cc1COc1cc(CCC(=O)OC)c(COc2cc(CCC(=O)OC)c(CO[Si](C)(C)C(C)(C)C)cc2OC)cc1OC. The summed E-state index contributed by atoms with van der Waals surface area (Å²) in [5.74, 6) is 1.59. The Kier molecular flexibility index (Phi) is 16.9. The van der Waals surface area contributed by atoms with E-state index in [1.54, 1.807) is 21.3 Å². The number of esters is 3. The molecule has 0 saturated heterocycles. The summed E-state index contributed by atoms with van der Waals surface area (Å²) >= 11 is 0. The van der Waals surface area contributed by atoms with Crippen LogP contribution in [0.1, 0.15) is 73.4 Å². The van der Waals surface area contributed by atoms with Crippen LogP contribution in [0.25, 0.3) is 0 Å². The van der Waals surface area contributed by atoms with Crippen LogP contribution in [-0.2, 0) is 72.1 Å². The van der Waals surface area contributed by atoms with E-state index in [-0.39, 0.29) is 55.4 Å². The number of aryl methyl sites for hydroxylation is 3. The Labute approximate surface area is 326 Å². The van der Waals surface area contributed by atoms with Crippen molar-refractivity contribution in [1.29, 1.82) is 0 Å². The van der Waals surface area contributed by atoms with Gasteiger partial charge >= 0.3 is 17.9 Å². The second kappa shape index (κ2) is 20.8. The van der Waals surface area contributed by atoms with E-state index in [2.05, 4.69) is 33.9 Å². The molecule has 0 N–H and O–H groups in total. The van der Waals surface area contributed by atoms with Crippen molar-refractivity contribution in [2.75, 3.05) is 42.7 Å². The van der Waals surface area contributed by atoms with Crippen LogP contribution in [0.5, 0.6) is 28.7 Å². The molecule has 0 unspecified atom stereocenters. The van der Waals surface area contributed by atoms with E-state index in [0.29, 0.717) is 54.6 Å². The standard InChI is InChI=1S/C42H58O12Si/c1-42(2,3)55(10,11)54-27-33-24-36(48-6)38(22-30(33)15-19-41(45)51-9)53-26-32-23-35(47-5)37(21-29(32)14-18-40(44)50-8)52-25-31-20-34(46-4)16-12-28(31)13-17-39(43)49-7/h12,16,20-24H,13-15,17-19,25-27H2,1-11H3. The van der Waals surface area contributed by atoms with Crippen molar-refractivity contribution in [3.8, 4) is 28.7 Å². The van der Waals surface area contributed by atoms with Gasteiger partial charge < -0.3 is 42.3 Å². The fraction of sp³-hybridized carbons (Fsp3) is 0.500. The summed E-state index contributed by atoms with van der Waals surface area (Å²) in [4.78, 5) is 36.3. The minimum atomic E-state index is -2.09. The Morgan fingerprint density at radius 3 is 1.31 bits per heavy atom. The molecule has 0 amide bonds. The first-order chi connectivity index (χ1) is 26.1. The number of rotatable bonds is 21. The molecule has 13 heteroatoms. The Balaban J connectivity index is 1.98. The fourth-order valence-electron chi connectivity index (χ4n) is 5.48. The highest BCUT2D eigenvalue weighted by molar-refractivity contribution is 6.74. The van der Waals surface area contributed by atoms with E-state index >= 15 is 0 Å². The summed E-state index contributed by atoms with van der Waals surface area (Å²) in [5, 5.41) is 0.0172. The monoisotopic (exact) mass is 782 g/mol. The van der Waals surface area contributed by atoms with E-state index in [9.17, 15) is 14.4 Å². The van der Waals surface area contributed by atoms with Gasteiger partial charge in [0.2, 0.25) is 0 Å². The number of carbonyl (C=O) groups excluding carboxylic acids is 3. The zero-order valence-electron chi connectivity index (χ0n) is 34.3. The smallest absolute Gasteiger partial charge is 0.305 e. The normalized spacial score (nSPS) is 11.4. The molecule has 55 heavy (non-hydrogen) atoms. The highest BCUT2D eigenvalue weighted by atomic mass is 28.4. The predicted octanol–water partition coefficient (Wildman–Crippen LogP) is 7.71. The Morgan fingerprint density at radius 2 is 0.909 bits per heavy atom. The van der Waals surface area contributed by atoms with Crippen LogP contribution in [0.2, 0.25) is 18.1 Å². The number of hydrogen-bond donors (Lipinski definition) is 0. The molecule has 0 bridgehead atoms. The topological polar surface area (TPSA) is 134 Å². The van der Waals surface area contributed by atoms with Gasteiger partial charge in [0.15, 0.2) is 31.3 Å². The fourth-order valence-corrected chi connectivity index (χ4v) is 6.43. The average molecular weight is 783 g/mol. The van der Waals surface area contributed by atoms with Crippen molar-refractivity contribution in [3.63, 3.8) is 0 Å². The number of ether oxygens (including phenoxy) is 8. The molecule has 0 radical (unpaired) electrons. The Bertz CT molecular complexity index is 1760. The van der Waals surface area contributed by atoms with Crippen LogP contribution in [-0.4, -0.2) is 68.9 Å². The molecule has 0 fully saturated rings. The predicted molar refractivity (Wildman–Crippen MR) is 211 cm³/mol. The maximum atomic E-state index is 12.3.